The molecule has 0 aromatic heterocycles. The lowest BCUT2D eigenvalue weighted by Gasteiger charge is -2.42. The Labute approximate surface area is 218 Å². The van der Waals surface area contributed by atoms with Gasteiger partial charge in [0.05, 0.1) is 54.3 Å². The number of carbonyl (C=O) groups excluding carboxylic acids is 2. The Morgan fingerprint density at radius 2 is 1.84 bits per heavy atom. The average Bonchev–Trinajstić information content (AvgIpc) is 2.90. The lowest BCUT2D eigenvalue weighted by atomic mass is 9.71. The summed E-state index contributed by atoms with van der Waals surface area (Å²) in [5.74, 6) is -2.35. The molecule has 0 bridgehead atoms. The second-order valence-electron chi connectivity index (χ2n) is 10.1. The SMILES string of the molecule is C=C(CO)[C@@]1(O)Cc2c(O)c3c(c(O)c2[C@H](O[C@@H]2CC[C@@H](O)[C@@H](C)O2)C1)C(=O)c1c(OC)cccc1C3=O. The monoisotopic (exact) mass is 526 g/mol. The van der Waals surface area contributed by atoms with Gasteiger partial charge in [-0.15, -0.1) is 0 Å². The fourth-order valence-electron chi connectivity index (χ4n) is 5.67. The standard InChI is InChI=1S/C28H30O10/c1-12(11-29)28(35)9-15-21(18(10-28)38-19-8-7-16(30)13(2)37-19)27(34)23-22(25(15)32)24(31)14-5-4-6-17(36-3)20(14)26(23)33/h4-6,13,16,18-19,29-30,32,34-35H,1,7-11H2,2-3H3/t13-,16-,18-,19-,28-/m1/s1. The second kappa shape index (κ2) is 9.48. The van der Waals surface area contributed by atoms with Gasteiger partial charge < -0.3 is 39.7 Å². The van der Waals surface area contributed by atoms with Crippen molar-refractivity contribution in [2.24, 2.45) is 0 Å². The third-order valence-corrected chi connectivity index (χ3v) is 7.85. The second-order valence-corrected chi connectivity index (χ2v) is 10.1. The van der Waals surface area contributed by atoms with E-state index in [0.717, 1.165) is 0 Å². The van der Waals surface area contributed by atoms with E-state index in [4.69, 9.17) is 14.2 Å². The molecule has 0 radical (unpaired) electrons. The number of methoxy groups -OCH3 is 1. The molecular weight excluding hydrogens is 496 g/mol. The van der Waals surface area contributed by atoms with Crippen molar-refractivity contribution in [3.8, 4) is 17.2 Å². The minimum Gasteiger partial charge on any atom is -0.507 e. The van der Waals surface area contributed by atoms with E-state index in [1.807, 2.05) is 0 Å². The van der Waals surface area contributed by atoms with E-state index in [1.165, 1.54) is 19.2 Å². The Bertz CT molecular complexity index is 1350. The summed E-state index contributed by atoms with van der Waals surface area (Å²) in [6.07, 6.45) is -2.91. The van der Waals surface area contributed by atoms with Crippen LogP contribution in [0.15, 0.2) is 30.4 Å². The number of aliphatic hydroxyl groups excluding tert-OH is 2. The molecule has 38 heavy (non-hydrogen) atoms. The quantitative estimate of drug-likeness (QED) is 0.246. The number of hydrogen-bond acceptors (Lipinski definition) is 10. The highest BCUT2D eigenvalue weighted by molar-refractivity contribution is 6.31. The molecule has 10 heteroatoms. The van der Waals surface area contributed by atoms with Crippen LogP contribution in [-0.2, 0) is 15.9 Å². The van der Waals surface area contributed by atoms with Gasteiger partial charge >= 0.3 is 0 Å². The summed E-state index contributed by atoms with van der Waals surface area (Å²) in [7, 11) is 1.36. The van der Waals surface area contributed by atoms with Crippen LogP contribution in [0.4, 0.5) is 0 Å². The molecule has 1 heterocycles. The van der Waals surface area contributed by atoms with E-state index in [9.17, 15) is 35.1 Å². The van der Waals surface area contributed by atoms with Crippen molar-refractivity contribution in [2.75, 3.05) is 13.7 Å². The number of aliphatic hydroxyl groups is 3. The largest absolute Gasteiger partial charge is 0.507 e. The summed E-state index contributed by atoms with van der Waals surface area (Å²) in [5.41, 5.74) is -2.43. The Morgan fingerprint density at radius 3 is 2.50 bits per heavy atom. The van der Waals surface area contributed by atoms with E-state index in [1.54, 1.807) is 13.0 Å². The number of rotatable bonds is 5. The summed E-state index contributed by atoms with van der Waals surface area (Å²) in [5, 5.41) is 54.1. The predicted octanol–water partition coefficient (Wildman–Crippen LogP) is 2.05. The molecule has 1 aliphatic heterocycles. The molecule has 5 rings (SSSR count). The Kier molecular flexibility index (Phi) is 6.57. The highest BCUT2D eigenvalue weighted by Crippen LogP contribution is 2.53. The van der Waals surface area contributed by atoms with Gasteiger partial charge in [-0.05, 0) is 25.0 Å². The first-order valence-electron chi connectivity index (χ1n) is 12.4. The Morgan fingerprint density at radius 1 is 1.13 bits per heavy atom. The van der Waals surface area contributed by atoms with E-state index < -0.39 is 59.9 Å². The molecule has 1 saturated heterocycles. The average molecular weight is 527 g/mol. The normalized spacial score (nSPS) is 28.3. The number of carbonyl (C=O) groups is 2. The predicted molar refractivity (Wildman–Crippen MR) is 133 cm³/mol. The van der Waals surface area contributed by atoms with Gasteiger partial charge in [0, 0.05) is 36.0 Å². The van der Waals surface area contributed by atoms with Crippen LogP contribution in [0, 0.1) is 0 Å². The lowest BCUT2D eigenvalue weighted by Crippen LogP contribution is -2.44. The fraction of sp³-hybridized carbons (Fsp3) is 0.429. The van der Waals surface area contributed by atoms with Crippen LogP contribution in [0.5, 0.6) is 17.2 Å². The molecule has 10 nitrogen and oxygen atoms in total. The van der Waals surface area contributed by atoms with Crippen molar-refractivity contribution in [3.05, 3.63) is 63.7 Å². The molecule has 3 aliphatic rings. The maximum atomic E-state index is 13.7. The van der Waals surface area contributed by atoms with Gasteiger partial charge in [0.25, 0.3) is 0 Å². The van der Waals surface area contributed by atoms with Crippen molar-refractivity contribution in [3.63, 3.8) is 0 Å². The first kappa shape index (κ1) is 26.3. The zero-order chi connectivity index (χ0) is 27.5. The van der Waals surface area contributed by atoms with E-state index in [2.05, 4.69) is 6.58 Å². The molecule has 0 spiro atoms. The fourth-order valence-corrected chi connectivity index (χ4v) is 5.67. The number of ether oxygens (including phenoxy) is 3. The van der Waals surface area contributed by atoms with Crippen LogP contribution < -0.4 is 4.74 Å². The van der Waals surface area contributed by atoms with Crippen molar-refractivity contribution >= 4 is 11.6 Å². The summed E-state index contributed by atoms with van der Waals surface area (Å²) >= 11 is 0. The number of benzene rings is 2. The number of fused-ring (bicyclic) bond motifs is 3. The molecule has 0 amide bonds. The molecule has 1 fully saturated rings. The molecule has 0 saturated carbocycles. The minimum absolute atomic E-state index is 0.00555. The van der Waals surface area contributed by atoms with Crippen LogP contribution >= 0.6 is 0 Å². The molecule has 202 valence electrons. The van der Waals surface area contributed by atoms with Crippen LogP contribution in [0.3, 0.4) is 0 Å². The molecule has 2 aromatic carbocycles. The maximum Gasteiger partial charge on any atom is 0.202 e. The minimum atomic E-state index is -1.76. The molecule has 5 N–H and O–H groups in total. The van der Waals surface area contributed by atoms with Crippen molar-refractivity contribution in [1.82, 2.24) is 0 Å². The highest BCUT2D eigenvalue weighted by Gasteiger charge is 2.48. The van der Waals surface area contributed by atoms with Crippen LogP contribution in [0.25, 0.3) is 0 Å². The number of aromatic hydroxyl groups is 2. The summed E-state index contributed by atoms with van der Waals surface area (Å²) in [4.78, 5) is 27.2. The first-order chi connectivity index (χ1) is 18.0. The molecule has 5 atom stereocenters. The van der Waals surface area contributed by atoms with Gasteiger partial charge in [0.1, 0.15) is 17.2 Å². The molecule has 2 aliphatic carbocycles. The Balaban J connectivity index is 1.69. The number of phenols is 2. The van der Waals surface area contributed by atoms with Crippen molar-refractivity contribution in [2.45, 2.75) is 62.8 Å². The molecule has 2 aromatic rings. The van der Waals surface area contributed by atoms with Gasteiger partial charge in [-0.3, -0.25) is 9.59 Å². The van der Waals surface area contributed by atoms with E-state index in [0.29, 0.717) is 12.8 Å². The number of hydrogen-bond donors (Lipinski definition) is 5. The van der Waals surface area contributed by atoms with E-state index >= 15 is 0 Å². The van der Waals surface area contributed by atoms with Gasteiger partial charge in [0.2, 0.25) is 5.78 Å². The number of phenolic OH excluding ortho intramolecular Hbond substituents is 2. The zero-order valence-electron chi connectivity index (χ0n) is 21.1. The Hall–Kier alpha value is -3.28. The molecule has 0 unspecified atom stereocenters. The van der Waals surface area contributed by atoms with Crippen LogP contribution in [0.1, 0.15) is 75.3 Å². The molecular formula is C28H30O10. The maximum absolute atomic E-state index is 13.7. The first-order valence-corrected chi connectivity index (χ1v) is 12.4. The van der Waals surface area contributed by atoms with Crippen LogP contribution in [-0.4, -0.2) is 74.9 Å². The third kappa shape index (κ3) is 3.91. The van der Waals surface area contributed by atoms with Crippen molar-refractivity contribution < 1.29 is 49.3 Å². The third-order valence-electron chi connectivity index (χ3n) is 7.85. The van der Waals surface area contributed by atoms with Gasteiger partial charge in [-0.2, -0.15) is 0 Å². The topological polar surface area (TPSA) is 163 Å². The van der Waals surface area contributed by atoms with E-state index in [-0.39, 0.29) is 57.5 Å². The zero-order valence-corrected chi connectivity index (χ0v) is 21.1. The highest BCUT2D eigenvalue weighted by atomic mass is 16.7. The van der Waals surface area contributed by atoms with Gasteiger partial charge in [-0.25, -0.2) is 0 Å². The summed E-state index contributed by atoms with van der Waals surface area (Å²) in [6, 6.07) is 4.49. The number of ketones is 2. The van der Waals surface area contributed by atoms with Gasteiger partial charge in [0.15, 0.2) is 12.1 Å². The van der Waals surface area contributed by atoms with Gasteiger partial charge in [-0.1, -0.05) is 18.7 Å². The summed E-state index contributed by atoms with van der Waals surface area (Å²) in [6.45, 7) is 4.90. The summed E-state index contributed by atoms with van der Waals surface area (Å²) < 4.78 is 17.2. The van der Waals surface area contributed by atoms with Crippen molar-refractivity contribution in [1.29, 1.82) is 0 Å². The van der Waals surface area contributed by atoms with Crippen LogP contribution in [0.2, 0.25) is 0 Å². The lowest BCUT2D eigenvalue weighted by molar-refractivity contribution is -0.242. The smallest absolute Gasteiger partial charge is 0.202 e.